The van der Waals surface area contributed by atoms with E-state index >= 15 is 0 Å². The van der Waals surface area contributed by atoms with Gasteiger partial charge in [0.2, 0.25) is 11.8 Å². The van der Waals surface area contributed by atoms with E-state index in [1.54, 1.807) is 4.90 Å². The highest BCUT2D eigenvalue weighted by atomic mass is 32.2. The number of hydrogen-bond acceptors (Lipinski definition) is 6. The average molecular weight is 536 g/mol. The van der Waals surface area contributed by atoms with Gasteiger partial charge in [-0.1, -0.05) is 44.2 Å². The van der Waals surface area contributed by atoms with E-state index in [1.807, 2.05) is 71.2 Å². The van der Waals surface area contributed by atoms with Crippen molar-refractivity contribution in [3.8, 4) is 0 Å². The van der Waals surface area contributed by atoms with Crippen LogP contribution in [0.5, 0.6) is 0 Å². The maximum atomic E-state index is 13.9. The highest BCUT2D eigenvalue weighted by molar-refractivity contribution is 7.98. The number of thioether (sulfide) groups is 1. The number of carboxylic acids is 1. The Morgan fingerprint density at radius 1 is 1.08 bits per heavy atom. The molecule has 1 aromatic rings. The zero-order chi connectivity index (χ0) is 27.8. The molecule has 1 aliphatic rings. The van der Waals surface area contributed by atoms with Gasteiger partial charge >= 0.3 is 12.1 Å². The van der Waals surface area contributed by atoms with Gasteiger partial charge in [-0.05, 0) is 63.5 Å². The van der Waals surface area contributed by atoms with Gasteiger partial charge in [0.15, 0.2) is 0 Å². The number of nitrogens with one attached hydrogen (secondary N) is 2. The van der Waals surface area contributed by atoms with E-state index in [4.69, 9.17) is 4.74 Å². The van der Waals surface area contributed by atoms with Crippen molar-refractivity contribution >= 4 is 35.6 Å². The number of likely N-dealkylation sites (tertiary alicyclic amines) is 1. The number of hydrogen-bond donors (Lipinski definition) is 3. The smallest absolute Gasteiger partial charge is 0.410 e. The topological polar surface area (TPSA) is 125 Å². The molecule has 9 nitrogen and oxygen atoms in total. The maximum absolute atomic E-state index is 13.9. The lowest BCUT2D eigenvalue weighted by atomic mass is 9.71. The molecule has 0 unspecified atom stereocenters. The fourth-order valence-corrected chi connectivity index (χ4v) is 4.84. The van der Waals surface area contributed by atoms with E-state index in [2.05, 4.69) is 10.6 Å². The molecular weight excluding hydrogens is 494 g/mol. The normalized spacial score (nSPS) is 17.0. The number of carbonyl (C=O) groups excluding carboxylic acids is 3. The first kappa shape index (κ1) is 30.5. The van der Waals surface area contributed by atoms with Gasteiger partial charge in [-0.2, -0.15) is 11.8 Å². The van der Waals surface area contributed by atoms with Crippen molar-refractivity contribution in [1.82, 2.24) is 15.5 Å². The quantitative estimate of drug-likeness (QED) is 0.419. The van der Waals surface area contributed by atoms with Gasteiger partial charge in [0.1, 0.15) is 17.7 Å². The van der Waals surface area contributed by atoms with Crippen LogP contribution in [0.4, 0.5) is 4.79 Å². The van der Waals surface area contributed by atoms with Gasteiger partial charge in [0, 0.05) is 13.1 Å². The molecule has 1 fully saturated rings. The average Bonchev–Trinajstić information content (AvgIpc) is 2.83. The van der Waals surface area contributed by atoms with Crippen LogP contribution >= 0.6 is 11.8 Å². The lowest BCUT2D eigenvalue weighted by Gasteiger charge is -2.42. The molecule has 0 saturated carbocycles. The molecule has 0 aromatic heterocycles. The third-order valence-electron chi connectivity index (χ3n) is 6.49. The number of aliphatic carboxylic acids is 1. The first-order valence-electron chi connectivity index (χ1n) is 12.7. The molecular formula is C27H41N3O6S. The second kappa shape index (κ2) is 13.2. The summed E-state index contributed by atoms with van der Waals surface area (Å²) in [5.74, 6) is -1.62. The van der Waals surface area contributed by atoms with Crippen molar-refractivity contribution in [1.29, 1.82) is 0 Å². The molecule has 3 amide bonds. The number of ether oxygens (including phenoxy) is 1. The molecule has 3 N–H and O–H groups in total. The van der Waals surface area contributed by atoms with Crippen molar-refractivity contribution in [2.75, 3.05) is 25.1 Å². The second-order valence-electron chi connectivity index (χ2n) is 10.8. The SMILES string of the molecule is CSCC[C@H](NC(=O)[C@@H](NC(=O)C1(c2ccccc2)CCN(C(=O)OC(C)(C)C)CC1)C(C)C)C(=O)O. The second-order valence-corrected chi connectivity index (χ2v) is 11.8. The summed E-state index contributed by atoms with van der Waals surface area (Å²) in [6.07, 6.45) is 2.46. The molecule has 0 bridgehead atoms. The number of piperidine rings is 1. The Morgan fingerprint density at radius 3 is 2.16 bits per heavy atom. The largest absolute Gasteiger partial charge is 0.480 e. The Labute approximate surface area is 224 Å². The van der Waals surface area contributed by atoms with Crippen molar-refractivity contribution in [2.45, 2.75) is 77.0 Å². The van der Waals surface area contributed by atoms with Crippen LogP contribution < -0.4 is 10.6 Å². The summed E-state index contributed by atoms with van der Waals surface area (Å²) >= 11 is 1.50. The minimum absolute atomic E-state index is 0.270. The molecule has 1 aromatic carbocycles. The highest BCUT2D eigenvalue weighted by Crippen LogP contribution is 2.36. The molecule has 0 spiro atoms. The molecule has 0 aliphatic carbocycles. The van der Waals surface area contributed by atoms with Gasteiger partial charge < -0.3 is 25.4 Å². The van der Waals surface area contributed by atoms with E-state index in [9.17, 15) is 24.3 Å². The molecule has 2 rings (SSSR count). The van der Waals surface area contributed by atoms with Crippen LogP contribution in [0.2, 0.25) is 0 Å². The van der Waals surface area contributed by atoms with Gasteiger partial charge in [0.05, 0.1) is 5.41 Å². The van der Waals surface area contributed by atoms with Crippen molar-refractivity contribution < 1.29 is 29.0 Å². The highest BCUT2D eigenvalue weighted by Gasteiger charge is 2.45. The minimum atomic E-state index is -1.11. The van der Waals surface area contributed by atoms with Gasteiger partial charge in [-0.15, -0.1) is 0 Å². The number of carboxylic acid groups (broad SMARTS) is 1. The van der Waals surface area contributed by atoms with Gasteiger partial charge in [-0.25, -0.2) is 9.59 Å². The molecule has 1 aliphatic heterocycles. The third kappa shape index (κ3) is 8.38. The summed E-state index contributed by atoms with van der Waals surface area (Å²) in [6, 6.07) is 7.43. The fourth-order valence-electron chi connectivity index (χ4n) is 4.37. The summed E-state index contributed by atoms with van der Waals surface area (Å²) in [5.41, 5.74) is -0.759. The van der Waals surface area contributed by atoms with Crippen LogP contribution in [-0.4, -0.2) is 76.7 Å². The molecule has 206 valence electrons. The Balaban J connectivity index is 2.25. The standard InChI is InChI=1S/C27H41N3O6S/c1-18(2)21(22(31)28-20(23(32)33)12-17-37-6)29-24(34)27(19-10-8-7-9-11-19)13-15-30(16-14-27)25(35)36-26(3,4)5/h7-11,18,20-21H,12-17H2,1-6H3,(H,28,31)(H,29,34)(H,32,33)/t20-,21-/m0/s1. The van der Waals surface area contributed by atoms with E-state index in [1.165, 1.54) is 11.8 Å². The fraction of sp³-hybridized carbons (Fsp3) is 0.630. The summed E-state index contributed by atoms with van der Waals surface area (Å²) in [6.45, 7) is 9.69. The van der Waals surface area contributed by atoms with Crippen molar-refractivity contribution in [3.63, 3.8) is 0 Å². The first-order valence-corrected chi connectivity index (χ1v) is 14.1. The van der Waals surface area contributed by atoms with E-state index in [0.717, 1.165) is 5.56 Å². The molecule has 37 heavy (non-hydrogen) atoms. The van der Waals surface area contributed by atoms with E-state index in [0.29, 0.717) is 31.7 Å². The number of benzene rings is 1. The Morgan fingerprint density at radius 2 is 1.68 bits per heavy atom. The number of nitrogens with zero attached hydrogens (tertiary/aromatic N) is 1. The number of rotatable bonds is 10. The van der Waals surface area contributed by atoms with Crippen LogP contribution in [0.1, 0.15) is 59.4 Å². The third-order valence-corrected chi connectivity index (χ3v) is 7.13. The van der Waals surface area contributed by atoms with Crippen LogP contribution in [0.15, 0.2) is 30.3 Å². The molecule has 0 radical (unpaired) electrons. The maximum Gasteiger partial charge on any atom is 0.410 e. The minimum Gasteiger partial charge on any atom is -0.480 e. The number of carbonyl (C=O) groups is 4. The molecule has 1 heterocycles. The number of amides is 3. The Kier molecular flexibility index (Phi) is 10.8. The summed E-state index contributed by atoms with van der Waals surface area (Å²) < 4.78 is 5.51. The molecule has 10 heteroatoms. The predicted octanol–water partition coefficient (Wildman–Crippen LogP) is 3.42. The van der Waals surface area contributed by atoms with E-state index in [-0.39, 0.29) is 18.2 Å². The monoisotopic (exact) mass is 535 g/mol. The van der Waals surface area contributed by atoms with Crippen molar-refractivity contribution in [2.24, 2.45) is 5.92 Å². The summed E-state index contributed by atoms with van der Waals surface area (Å²) in [5, 5.41) is 15.1. The van der Waals surface area contributed by atoms with Crippen LogP contribution in [0, 0.1) is 5.92 Å². The van der Waals surface area contributed by atoms with Crippen LogP contribution in [-0.2, 0) is 24.5 Å². The zero-order valence-corrected chi connectivity index (χ0v) is 23.5. The Hall–Kier alpha value is -2.75. The van der Waals surface area contributed by atoms with Crippen molar-refractivity contribution in [3.05, 3.63) is 35.9 Å². The molecule has 1 saturated heterocycles. The molecule has 2 atom stereocenters. The van der Waals surface area contributed by atoms with Crippen LogP contribution in [0.3, 0.4) is 0 Å². The Bertz CT molecular complexity index is 939. The lowest BCUT2D eigenvalue weighted by molar-refractivity contribution is -0.142. The summed E-state index contributed by atoms with van der Waals surface area (Å²) in [7, 11) is 0. The lowest BCUT2D eigenvalue weighted by Crippen LogP contribution is -2.59. The zero-order valence-electron chi connectivity index (χ0n) is 22.7. The first-order chi connectivity index (χ1) is 17.3. The predicted molar refractivity (Wildman–Crippen MR) is 144 cm³/mol. The van der Waals surface area contributed by atoms with E-state index < -0.39 is 41.1 Å². The summed E-state index contributed by atoms with van der Waals surface area (Å²) in [4.78, 5) is 52.9. The van der Waals surface area contributed by atoms with Crippen LogP contribution in [0.25, 0.3) is 0 Å². The van der Waals surface area contributed by atoms with Gasteiger partial charge in [-0.3, -0.25) is 9.59 Å². The van der Waals surface area contributed by atoms with Gasteiger partial charge in [0.25, 0.3) is 0 Å².